The number of hydrazone groups is 1. The topological polar surface area (TPSA) is 130 Å². The summed E-state index contributed by atoms with van der Waals surface area (Å²) in [6, 6.07) is 12.6. The van der Waals surface area contributed by atoms with E-state index < -0.39 is 16.4 Å². The van der Waals surface area contributed by atoms with Gasteiger partial charge in [0.1, 0.15) is 0 Å². The fourth-order valence-electron chi connectivity index (χ4n) is 2.47. The van der Waals surface area contributed by atoms with E-state index >= 15 is 0 Å². The highest BCUT2D eigenvalue weighted by atomic mass is 16.6. The van der Waals surface area contributed by atoms with Crippen molar-refractivity contribution in [2.45, 2.75) is 6.92 Å². The number of carbonyl (C=O) groups is 1. The third kappa shape index (κ3) is 3.18. The zero-order chi connectivity index (χ0) is 18.7. The monoisotopic (exact) mass is 351 g/mol. The summed E-state index contributed by atoms with van der Waals surface area (Å²) in [5, 5.41) is 21.8. The molecule has 0 aliphatic carbocycles. The van der Waals surface area contributed by atoms with Crippen molar-refractivity contribution in [1.82, 2.24) is 15.6 Å². The van der Waals surface area contributed by atoms with Crippen LogP contribution in [0.5, 0.6) is 0 Å². The number of nitro groups is 1. The molecule has 0 aliphatic rings. The van der Waals surface area contributed by atoms with E-state index in [-0.39, 0.29) is 22.7 Å². The Kier molecular flexibility index (Phi) is 4.52. The Morgan fingerprint density at radius 2 is 1.81 bits per heavy atom. The first-order valence-electron chi connectivity index (χ1n) is 7.55. The number of nitrogens with one attached hydrogen (secondary N) is 2. The van der Waals surface area contributed by atoms with Gasteiger partial charge in [0, 0.05) is 11.5 Å². The molecule has 1 heterocycles. The van der Waals surface area contributed by atoms with Gasteiger partial charge in [0.25, 0.3) is 17.2 Å². The highest BCUT2D eigenvalue weighted by Gasteiger charge is 2.16. The average molecular weight is 351 g/mol. The number of carbonyl (C=O) groups excluding carboxylic acids is 1. The number of aromatic amines is 1. The van der Waals surface area contributed by atoms with E-state index in [1.54, 1.807) is 43.3 Å². The summed E-state index contributed by atoms with van der Waals surface area (Å²) in [5.41, 5.74) is 2.35. The molecule has 9 heteroatoms. The lowest BCUT2D eigenvalue weighted by molar-refractivity contribution is -0.385. The van der Waals surface area contributed by atoms with Crippen molar-refractivity contribution in [2.24, 2.45) is 5.10 Å². The minimum absolute atomic E-state index is 0.000638. The van der Waals surface area contributed by atoms with E-state index in [0.717, 1.165) is 0 Å². The van der Waals surface area contributed by atoms with Crippen LogP contribution in [-0.4, -0.2) is 26.7 Å². The zero-order valence-electron chi connectivity index (χ0n) is 13.6. The molecular weight excluding hydrogens is 338 g/mol. The van der Waals surface area contributed by atoms with E-state index in [4.69, 9.17) is 0 Å². The van der Waals surface area contributed by atoms with Crippen LogP contribution in [0.2, 0.25) is 0 Å². The molecule has 2 aromatic carbocycles. The summed E-state index contributed by atoms with van der Waals surface area (Å²) >= 11 is 0. The molecule has 0 aliphatic heterocycles. The molecule has 9 nitrogen and oxygen atoms in total. The van der Waals surface area contributed by atoms with Gasteiger partial charge < -0.3 is 0 Å². The lowest BCUT2D eigenvalue weighted by atomic mass is 10.1. The number of nitrogens with zero attached hydrogens (tertiary/aromatic N) is 3. The second-order valence-corrected chi connectivity index (χ2v) is 5.36. The second-order valence-electron chi connectivity index (χ2n) is 5.36. The molecule has 26 heavy (non-hydrogen) atoms. The van der Waals surface area contributed by atoms with Crippen LogP contribution in [0.3, 0.4) is 0 Å². The predicted octanol–water partition coefficient (Wildman–Crippen LogP) is 1.99. The van der Waals surface area contributed by atoms with Crippen LogP contribution in [0.15, 0.2) is 58.4 Å². The van der Waals surface area contributed by atoms with Crippen LogP contribution < -0.4 is 11.0 Å². The Hall–Kier alpha value is -3.88. The quantitative estimate of drug-likeness (QED) is 0.422. The van der Waals surface area contributed by atoms with Crippen molar-refractivity contribution in [3.63, 3.8) is 0 Å². The predicted molar refractivity (Wildman–Crippen MR) is 95.1 cm³/mol. The SMILES string of the molecule is C/C(=N/NC(=O)c1n[nH]c(=O)c2ccccc12)c1ccccc1[N+](=O)[O-]. The highest BCUT2D eigenvalue weighted by molar-refractivity contribution is 6.06. The summed E-state index contributed by atoms with van der Waals surface area (Å²) in [6.07, 6.45) is 0. The smallest absolute Gasteiger partial charge is 0.267 e. The Morgan fingerprint density at radius 3 is 2.54 bits per heavy atom. The maximum atomic E-state index is 12.4. The molecule has 2 N–H and O–H groups in total. The van der Waals surface area contributed by atoms with Gasteiger partial charge in [-0.05, 0) is 19.1 Å². The number of hydrogen-bond donors (Lipinski definition) is 2. The molecule has 0 radical (unpaired) electrons. The number of hydrogen-bond acceptors (Lipinski definition) is 6. The van der Waals surface area contributed by atoms with E-state index in [0.29, 0.717) is 10.8 Å². The van der Waals surface area contributed by atoms with Gasteiger partial charge in [-0.15, -0.1) is 0 Å². The maximum Gasteiger partial charge on any atom is 0.292 e. The van der Waals surface area contributed by atoms with Crippen molar-refractivity contribution in [1.29, 1.82) is 0 Å². The van der Waals surface area contributed by atoms with E-state index in [1.165, 1.54) is 12.1 Å². The molecule has 130 valence electrons. The Balaban J connectivity index is 1.92. The number of nitro benzene ring substituents is 1. The molecule has 3 rings (SSSR count). The van der Waals surface area contributed by atoms with Gasteiger partial charge in [-0.3, -0.25) is 19.7 Å². The summed E-state index contributed by atoms with van der Waals surface area (Å²) in [7, 11) is 0. The van der Waals surface area contributed by atoms with Gasteiger partial charge in [-0.25, -0.2) is 10.5 Å². The van der Waals surface area contributed by atoms with Crippen LogP contribution in [0.4, 0.5) is 5.69 Å². The van der Waals surface area contributed by atoms with Crippen molar-refractivity contribution in [3.05, 3.63) is 80.3 Å². The Morgan fingerprint density at radius 1 is 1.15 bits per heavy atom. The van der Waals surface area contributed by atoms with Gasteiger partial charge in [-0.1, -0.05) is 30.3 Å². The molecule has 0 fully saturated rings. The Bertz CT molecular complexity index is 1100. The minimum atomic E-state index is -0.643. The first-order chi connectivity index (χ1) is 12.5. The third-order valence-electron chi connectivity index (χ3n) is 3.73. The number of benzene rings is 2. The molecule has 3 aromatic rings. The molecule has 1 amide bonds. The first kappa shape index (κ1) is 17.0. The van der Waals surface area contributed by atoms with Crippen LogP contribution in [-0.2, 0) is 0 Å². The molecule has 0 spiro atoms. The van der Waals surface area contributed by atoms with Crippen LogP contribution in [0, 0.1) is 10.1 Å². The first-order valence-corrected chi connectivity index (χ1v) is 7.55. The van der Waals surface area contributed by atoms with Gasteiger partial charge in [0.05, 0.1) is 21.6 Å². The maximum absolute atomic E-state index is 12.4. The molecule has 0 bridgehead atoms. The van der Waals surface area contributed by atoms with Crippen molar-refractivity contribution < 1.29 is 9.72 Å². The van der Waals surface area contributed by atoms with Crippen molar-refractivity contribution in [2.75, 3.05) is 0 Å². The van der Waals surface area contributed by atoms with Crippen molar-refractivity contribution in [3.8, 4) is 0 Å². The van der Waals surface area contributed by atoms with Crippen LogP contribution in [0.25, 0.3) is 10.8 Å². The zero-order valence-corrected chi connectivity index (χ0v) is 13.6. The van der Waals surface area contributed by atoms with Crippen LogP contribution in [0.1, 0.15) is 23.0 Å². The van der Waals surface area contributed by atoms with E-state index in [2.05, 4.69) is 20.7 Å². The van der Waals surface area contributed by atoms with Gasteiger partial charge in [-0.2, -0.15) is 10.2 Å². The van der Waals surface area contributed by atoms with E-state index in [1.807, 2.05) is 0 Å². The third-order valence-corrected chi connectivity index (χ3v) is 3.73. The Labute approximate surface area is 146 Å². The highest BCUT2D eigenvalue weighted by Crippen LogP contribution is 2.18. The molecule has 0 saturated carbocycles. The summed E-state index contributed by atoms with van der Waals surface area (Å²) < 4.78 is 0. The number of para-hydroxylation sites is 1. The van der Waals surface area contributed by atoms with Gasteiger partial charge in [0.15, 0.2) is 5.69 Å². The lowest BCUT2D eigenvalue weighted by Crippen LogP contribution is -2.23. The molecule has 0 atom stereocenters. The summed E-state index contributed by atoms with van der Waals surface area (Å²) in [4.78, 5) is 34.7. The summed E-state index contributed by atoms with van der Waals surface area (Å²) in [6.45, 7) is 1.54. The number of amides is 1. The number of aromatic nitrogens is 2. The fourth-order valence-corrected chi connectivity index (χ4v) is 2.47. The van der Waals surface area contributed by atoms with E-state index in [9.17, 15) is 19.7 Å². The number of rotatable bonds is 4. The van der Waals surface area contributed by atoms with Crippen molar-refractivity contribution >= 4 is 28.1 Å². The standard InChI is InChI=1S/C17H13N5O4/c1-10(11-6-4-5-9-14(11)22(25)26)18-21-17(24)15-12-7-2-3-8-13(12)16(23)20-19-15/h2-9H,1H3,(H,20,23)(H,21,24)/b18-10-. The fraction of sp³-hybridized carbons (Fsp3) is 0.0588. The van der Waals surface area contributed by atoms with Crippen LogP contribution >= 0.6 is 0 Å². The molecule has 0 saturated heterocycles. The second kappa shape index (κ2) is 6.93. The van der Waals surface area contributed by atoms with Gasteiger partial charge >= 0.3 is 0 Å². The number of H-pyrrole nitrogens is 1. The largest absolute Gasteiger partial charge is 0.292 e. The molecule has 0 unspecified atom stereocenters. The minimum Gasteiger partial charge on any atom is -0.267 e. The average Bonchev–Trinajstić information content (AvgIpc) is 2.66. The lowest BCUT2D eigenvalue weighted by Gasteiger charge is -2.05. The molecule has 1 aromatic heterocycles. The molecular formula is C17H13N5O4. The number of fused-ring (bicyclic) bond motifs is 1. The normalized spacial score (nSPS) is 11.3. The summed E-state index contributed by atoms with van der Waals surface area (Å²) in [5.74, 6) is -0.643. The van der Waals surface area contributed by atoms with Gasteiger partial charge in [0.2, 0.25) is 0 Å².